The molecule has 4 heterocycles. The maximum Gasteiger partial charge on any atom is 0.272 e. The predicted octanol–water partition coefficient (Wildman–Crippen LogP) is 19.5. The van der Waals surface area contributed by atoms with Gasteiger partial charge in [-0.1, -0.05) is 152 Å². The Kier molecular flexibility index (Phi) is 25.7. The second kappa shape index (κ2) is 36.6. The highest BCUT2D eigenvalue weighted by atomic mass is 35.5. The molecule has 0 saturated heterocycles. The SMILES string of the molecule is C[C@@H](NC(=O)c1nn(-c2ccncc2)c2c1CCCC/C2=C\c1ccc(Cl)cc1)c1ccccc1.O=C(N[C@H](CCl)c1ccccc1)c1nn(-c2ccc(F)cc2F)c2c1CCCCC2Cc1cccc(F)c1.O=C(N[C@H](CO)c1ccccc1)c1nn(-c2ccc(F)cc2F)c2c1CCCCC2Cc1cccc(F)c1. The van der Waals surface area contributed by atoms with Gasteiger partial charge in [0, 0.05) is 64.0 Å². The molecule has 0 radical (unpaired) electrons. The number of benzene rings is 8. The molecule has 568 valence electrons. The van der Waals surface area contributed by atoms with E-state index < -0.39 is 47.2 Å². The van der Waals surface area contributed by atoms with Gasteiger partial charge < -0.3 is 21.1 Å². The number of aliphatic hydroxyl groups excluding tert-OH is 1. The predicted molar refractivity (Wildman–Crippen MR) is 419 cm³/mol. The zero-order valence-corrected chi connectivity index (χ0v) is 62.5. The number of halogens is 8. The highest BCUT2D eigenvalue weighted by molar-refractivity contribution is 6.30. The van der Waals surface area contributed by atoms with Crippen molar-refractivity contribution < 1.29 is 45.8 Å². The summed E-state index contributed by atoms with van der Waals surface area (Å²) in [6, 6.07) is 58.2. The van der Waals surface area contributed by atoms with Crippen LogP contribution in [0.25, 0.3) is 28.7 Å². The maximum absolute atomic E-state index is 15.0. The third-order valence-electron chi connectivity index (χ3n) is 20.5. The number of carbonyl (C=O) groups excluding carboxylic acids is 3. The van der Waals surface area contributed by atoms with Gasteiger partial charge in [-0.3, -0.25) is 19.4 Å². The van der Waals surface area contributed by atoms with Crippen molar-refractivity contribution in [2.24, 2.45) is 0 Å². The Hall–Kier alpha value is -11.2. The van der Waals surface area contributed by atoms with Gasteiger partial charge >= 0.3 is 0 Å². The van der Waals surface area contributed by atoms with Gasteiger partial charge in [0.2, 0.25) is 0 Å². The van der Waals surface area contributed by atoms with Crippen LogP contribution in [-0.4, -0.2) is 69.6 Å². The van der Waals surface area contributed by atoms with Gasteiger partial charge in [-0.25, -0.2) is 40.4 Å². The number of pyridine rings is 1. The van der Waals surface area contributed by atoms with Gasteiger partial charge in [0.1, 0.15) is 34.6 Å². The number of fused-ring (bicyclic) bond motifs is 3. The number of rotatable bonds is 19. The number of alkyl halides is 1. The van der Waals surface area contributed by atoms with Gasteiger partial charge in [-0.05, 0) is 202 Å². The lowest BCUT2D eigenvalue weighted by molar-refractivity contribution is 0.0906. The Morgan fingerprint density at radius 3 is 1.42 bits per heavy atom. The molecule has 3 aliphatic rings. The van der Waals surface area contributed by atoms with Crippen LogP contribution in [0.3, 0.4) is 0 Å². The summed E-state index contributed by atoms with van der Waals surface area (Å²) in [6.07, 6.45) is 16.4. The van der Waals surface area contributed by atoms with E-state index in [1.54, 1.807) is 24.5 Å². The normalized spacial score (nSPS) is 15.7. The molecule has 111 heavy (non-hydrogen) atoms. The van der Waals surface area contributed by atoms with Crippen molar-refractivity contribution in [2.75, 3.05) is 12.5 Å². The minimum atomic E-state index is -0.798. The first-order chi connectivity index (χ1) is 54.0. The highest BCUT2D eigenvalue weighted by Crippen LogP contribution is 2.41. The first-order valence-corrected chi connectivity index (χ1v) is 38.3. The Balaban J connectivity index is 0.000000146. The lowest BCUT2D eigenvalue weighted by Gasteiger charge is -2.19. The summed E-state index contributed by atoms with van der Waals surface area (Å²) in [4.78, 5) is 44.9. The summed E-state index contributed by atoms with van der Waals surface area (Å²) in [5.41, 5.74) is 13.1. The molecular weight excluding hydrogens is 1460 g/mol. The molecule has 22 heteroatoms. The van der Waals surface area contributed by atoms with E-state index >= 15 is 8.78 Å². The standard InChI is InChI=1S/C30H27ClF3N3O.C30H28F3N3O2.C29H27ClN4O/c31-18-26(20-8-2-1-3-9-20)35-30(38)28-24-12-5-4-10-21(15-19-7-6-11-22(32)16-19)29(24)37(36-28)27-14-13-23(33)17-25(27)34;31-22-11-6-7-19(16-22)15-21-10-4-5-12-24-28(30(38)34-26(18-37)20-8-2-1-3-9-20)35-36(29(21)24)27-14-13-23(32)17-25(27)33;1-20(22-7-3-2-4-8-22)32-29(35)27-26-10-6-5-9-23(19-21-11-13-24(30)14-12-21)28(26)34(33-27)25-15-17-31-18-16-25/h1-3,6-9,11,13-14,16-17,21,26H,4-5,10,12,15,18H2,(H,35,38);1-3,6-9,11,13-14,16-17,21,26,37H,4-5,10,12,15,18H2,(H,34,38);2-4,7-8,11-20H,5-6,9-10H2,1H3,(H,32,35)/b;;23-19+/t2*21?,26-;20-/m111/s1. The molecule has 12 aromatic rings. The molecule has 5 atom stereocenters. The number of nitrogens with zero attached hydrogens (tertiary/aromatic N) is 7. The summed E-state index contributed by atoms with van der Waals surface area (Å²) in [5.74, 6) is -4.88. The van der Waals surface area contributed by atoms with E-state index in [0.29, 0.717) is 53.4 Å². The molecule has 4 N–H and O–H groups in total. The van der Waals surface area contributed by atoms with E-state index in [0.717, 1.165) is 138 Å². The zero-order valence-electron chi connectivity index (χ0n) is 61.0. The average molecular weight is 1540 g/mol. The number of aliphatic hydroxyl groups is 1. The summed E-state index contributed by atoms with van der Waals surface area (Å²) >= 11 is 12.3. The van der Waals surface area contributed by atoms with Crippen LogP contribution in [0, 0.1) is 34.9 Å². The molecule has 3 aliphatic carbocycles. The minimum Gasteiger partial charge on any atom is -0.394 e. The van der Waals surface area contributed by atoms with Crippen molar-refractivity contribution in [3.63, 3.8) is 0 Å². The van der Waals surface area contributed by atoms with E-state index in [4.69, 9.17) is 28.3 Å². The molecule has 2 unspecified atom stereocenters. The summed E-state index contributed by atoms with van der Waals surface area (Å²) in [6.45, 7) is 1.69. The molecule has 8 aromatic carbocycles. The monoisotopic (exact) mass is 1540 g/mol. The Morgan fingerprint density at radius 1 is 0.486 bits per heavy atom. The van der Waals surface area contributed by atoms with Gasteiger partial charge in [0.05, 0.1) is 47.5 Å². The smallest absolute Gasteiger partial charge is 0.272 e. The molecular formula is C89H82Cl2F6N10O4. The van der Waals surface area contributed by atoms with Gasteiger partial charge in [0.15, 0.2) is 28.7 Å². The molecule has 4 aromatic heterocycles. The maximum atomic E-state index is 15.0. The number of amides is 3. The lowest BCUT2D eigenvalue weighted by atomic mass is 9.90. The van der Waals surface area contributed by atoms with E-state index in [-0.39, 0.29) is 70.7 Å². The number of aromatic nitrogens is 7. The van der Waals surface area contributed by atoms with Crippen molar-refractivity contribution in [3.05, 3.63) is 349 Å². The van der Waals surface area contributed by atoms with Crippen LogP contribution in [0.5, 0.6) is 0 Å². The highest BCUT2D eigenvalue weighted by Gasteiger charge is 2.36. The number of carbonyl (C=O) groups is 3. The van der Waals surface area contributed by atoms with Crippen LogP contribution in [0.15, 0.2) is 225 Å². The van der Waals surface area contributed by atoms with E-state index in [2.05, 4.69) is 37.2 Å². The summed E-state index contributed by atoms with van der Waals surface area (Å²) in [5, 5.41) is 33.7. The average Bonchev–Trinajstić information content (AvgIpc) is 1.64. The molecule has 0 saturated carbocycles. The fraction of sp³-hybridized carbons (Fsp3) is 0.247. The Labute approximate surface area is 650 Å². The fourth-order valence-corrected chi connectivity index (χ4v) is 15.5. The number of hydrogen-bond donors (Lipinski definition) is 4. The molecule has 14 nitrogen and oxygen atoms in total. The van der Waals surface area contributed by atoms with Crippen molar-refractivity contribution in [2.45, 2.75) is 127 Å². The molecule has 3 amide bonds. The first-order valence-electron chi connectivity index (χ1n) is 37.3. The Morgan fingerprint density at radius 2 is 0.928 bits per heavy atom. The number of hydrogen-bond acceptors (Lipinski definition) is 8. The topological polar surface area (TPSA) is 174 Å². The van der Waals surface area contributed by atoms with Gasteiger partial charge in [-0.2, -0.15) is 15.3 Å². The molecule has 0 fully saturated rings. The zero-order chi connectivity index (χ0) is 77.5. The third kappa shape index (κ3) is 18.8. The first kappa shape index (κ1) is 77.9. The Bertz CT molecular complexity index is 5040. The molecule has 15 rings (SSSR count). The summed E-state index contributed by atoms with van der Waals surface area (Å²) in [7, 11) is 0. The van der Waals surface area contributed by atoms with Crippen molar-refractivity contribution in [1.82, 2.24) is 50.3 Å². The molecule has 0 bridgehead atoms. The largest absolute Gasteiger partial charge is 0.394 e. The number of allylic oxidation sites excluding steroid dienone is 1. The molecule has 0 spiro atoms. The lowest BCUT2D eigenvalue weighted by Crippen LogP contribution is -2.31. The van der Waals surface area contributed by atoms with Crippen molar-refractivity contribution in [3.8, 4) is 17.1 Å². The third-order valence-corrected chi connectivity index (χ3v) is 21.0. The van der Waals surface area contributed by atoms with Crippen LogP contribution < -0.4 is 16.0 Å². The fourth-order valence-electron chi connectivity index (χ4n) is 15.1. The quantitative estimate of drug-likeness (QED) is 0.0352. The van der Waals surface area contributed by atoms with Crippen LogP contribution in [0.1, 0.15) is 193 Å². The minimum absolute atomic E-state index is 0.0367. The van der Waals surface area contributed by atoms with E-state index in [1.165, 1.54) is 57.4 Å². The molecule has 0 aliphatic heterocycles. The number of nitrogens with one attached hydrogen (secondary N) is 3. The van der Waals surface area contributed by atoms with Crippen LogP contribution in [0.4, 0.5) is 26.3 Å². The second-order valence-electron chi connectivity index (χ2n) is 28.0. The van der Waals surface area contributed by atoms with Crippen LogP contribution in [0.2, 0.25) is 5.02 Å². The van der Waals surface area contributed by atoms with Crippen molar-refractivity contribution >= 4 is 52.6 Å². The second-order valence-corrected chi connectivity index (χ2v) is 28.8. The van der Waals surface area contributed by atoms with Gasteiger partial charge in [-0.15, -0.1) is 11.6 Å². The van der Waals surface area contributed by atoms with Crippen molar-refractivity contribution in [1.29, 1.82) is 0 Å². The van der Waals surface area contributed by atoms with Gasteiger partial charge in [0.25, 0.3) is 17.7 Å². The van der Waals surface area contributed by atoms with E-state index in [9.17, 15) is 37.1 Å². The summed E-state index contributed by atoms with van der Waals surface area (Å²) < 4.78 is 90.3. The van der Waals surface area contributed by atoms with E-state index in [1.807, 2.05) is 151 Å². The van der Waals surface area contributed by atoms with Crippen LogP contribution in [-0.2, 0) is 32.1 Å². The van der Waals surface area contributed by atoms with Crippen LogP contribution >= 0.6 is 23.2 Å².